The normalized spacial score (nSPS) is 14.8. The van der Waals surface area contributed by atoms with Crippen molar-refractivity contribution in [3.63, 3.8) is 0 Å². The van der Waals surface area contributed by atoms with Crippen LogP contribution in [0.4, 0.5) is 0 Å². The first-order valence-electron chi connectivity index (χ1n) is 6.25. The molecule has 2 aromatic rings. The number of hydrogen-bond acceptors (Lipinski definition) is 2. The van der Waals surface area contributed by atoms with E-state index >= 15 is 0 Å². The number of fused-ring (bicyclic) bond motifs is 1. The van der Waals surface area contributed by atoms with Gasteiger partial charge in [0.2, 0.25) is 0 Å². The van der Waals surface area contributed by atoms with Gasteiger partial charge in [-0.1, -0.05) is 32.4 Å². The fourth-order valence-electron chi connectivity index (χ4n) is 2.22. The summed E-state index contributed by atoms with van der Waals surface area (Å²) >= 11 is 0. The van der Waals surface area contributed by atoms with E-state index in [2.05, 4.69) is 18.8 Å². The summed E-state index contributed by atoms with van der Waals surface area (Å²) in [7, 11) is 0. The molecule has 0 fully saturated rings. The van der Waals surface area contributed by atoms with E-state index in [0.29, 0.717) is 5.92 Å². The molecule has 0 saturated heterocycles. The van der Waals surface area contributed by atoms with Crippen molar-refractivity contribution in [1.82, 2.24) is 4.98 Å². The minimum absolute atomic E-state index is 0.300. The Morgan fingerprint density at radius 2 is 2.12 bits per heavy atom. The van der Waals surface area contributed by atoms with Crippen LogP contribution in [-0.4, -0.2) is 10.1 Å². The van der Waals surface area contributed by atoms with Crippen molar-refractivity contribution < 1.29 is 5.11 Å². The van der Waals surface area contributed by atoms with E-state index < -0.39 is 0 Å². The Bertz CT molecular complexity index is 495. The van der Waals surface area contributed by atoms with Crippen molar-refractivity contribution in [2.45, 2.75) is 32.8 Å². The molecule has 0 aliphatic carbocycles. The van der Waals surface area contributed by atoms with Crippen LogP contribution >= 0.6 is 0 Å². The highest BCUT2D eigenvalue weighted by Gasteiger charge is 2.15. The van der Waals surface area contributed by atoms with Gasteiger partial charge in [0.25, 0.3) is 0 Å². The first-order valence-corrected chi connectivity index (χ1v) is 6.25. The maximum Gasteiger partial charge on any atom is 0.0815 e. The smallest absolute Gasteiger partial charge is 0.0815 e. The standard InChI is InChI=1S/C15H19NO/c1-3-5-11(2)15(17)13-7-8-14-12(10-13)6-4-9-16-14/h4,6-11,15,17H,3,5H2,1-2H3. The van der Waals surface area contributed by atoms with Crippen molar-refractivity contribution in [2.24, 2.45) is 5.92 Å². The molecular weight excluding hydrogens is 210 g/mol. The Labute approximate surface area is 102 Å². The average Bonchev–Trinajstić information content (AvgIpc) is 2.37. The molecular formula is C15H19NO. The molecule has 0 bridgehead atoms. The molecule has 0 radical (unpaired) electrons. The van der Waals surface area contributed by atoms with Crippen molar-refractivity contribution in [1.29, 1.82) is 0 Å². The number of hydrogen-bond donors (Lipinski definition) is 1. The highest BCUT2D eigenvalue weighted by atomic mass is 16.3. The molecule has 2 nitrogen and oxygen atoms in total. The van der Waals surface area contributed by atoms with E-state index in [9.17, 15) is 5.11 Å². The molecule has 0 aliphatic rings. The van der Waals surface area contributed by atoms with Gasteiger partial charge in [-0.2, -0.15) is 0 Å². The van der Waals surface area contributed by atoms with E-state index in [1.165, 1.54) is 0 Å². The summed E-state index contributed by atoms with van der Waals surface area (Å²) in [5.74, 6) is 0.300. The third-order valence-corrected chi connectivity index (χ3v) is 3.25. The number of rotatable bonds is 4. The number of aliphatic hydroxyl groups excluding tert-OH is 1. The van der Waals surface area contributed by atoms with Crippen molar-refractivity contribution in [3.05, 3.63) is 42.1 Å². The molecule has 1 aromatic carbocycles. The third-order valence-electron chi connectivity index (χ3n) is 3.25. The maximum absolute atomic E-state index is 10.3. The SMILES string of the molecule is CCCC(C)C(O)c1ccc2ncccc2c1. The molecule has 17 heavy (non-hydrogen) atoms. The van der Waals surface area contributed by atoms with Crippen LogP contribution in [0.15, 0.2) is 36.5 Å². The number of benzene rings is 1. The van der Waals surface area contributed by atoms with Crippen LogP contribution < -0.4 is 0 Å². The van der Waals surface area contributed by atoms with Gasteiger partial charge in [0.15, 0.2) is 0 Å². The molecule has 2 atom stereocenters. The van der Waals surface area contributed by atoms with E-state index in [4.69, 9.17) is 0 Å². The Morgan fingerprint density at radius 3 is 2.88 bits per heavy atom. The number of pyridine rings is 1. The van der Waals surface area contributed by atoms with Gasteiger partial charge in [0.1, 0.15) is 0 Å². The van der Waals surface area contributed by atoms with Crippen LogP contribution in [0.3, 0.4) is 0 Å². The van der Waals surface area contributed by atoms with Crippen LogP contribution in [0.2, 0.25) is 0 Å². The van der Waals surface area contributed by atoms with Gasteiger partial charge in [-0.3, -0.25) is 4.98 Å². The van der Waals surface area contributed by atoms with Gasteiger partial charge >= 0.3 is 0 Å². The lowest BCUT2D eigenvalue weighted by Gasteiger charge is -2.18. The summed E-state index contributed by atoms with van der Waals surface area (Å²) in [6, 6.07) is 9.95. The number of aliphatic hydroxyl groups is 1. The second-order valence-corrected chi connectivity index (χ2v) is 4.67. The van der Waals surface area contributed by atoms with Gasteiger partial charge in [0, 0.05) is 11.6 Å². The lowest BCUT2D eigenvalue weighted by molar-refractivity contribution is 0.112. The van der Waals surface area contributed by atoms with E-state index in [1.807, 2.05) is 30.3 Å². The van der Waals surface area contributed by atoms with Crippen LogP contribution in [0.5, 0.6) is 0 Å². The molecule has 0 aliphatic heterocycles. The predicted octanol–water partition coefficient (Wildman–Crippen LogP) is 3.70. The van der Waals surface area contributed by atoms with Crippen molar-refractivity contribution in [2.75, 3.05) is 0 Å². The molecule has 0 amide bonds. The molecule has 1 heterocycles. The Hall–Kier alpha value is -1.41. The molecule has 2 rings (SSSR count). The minimum atomic E-state index is -0.375. The maximum atomic E-state index is 10.3. The summed E-state index contributed by atoms with van der Waals surface area (Å²) in [5.41, 5.74) is 1.97. The molecule has 1 aromatic heterocycles. The van der Waals surface area contributed by atoms with Crippen molar-refractivity contribution >= 4 is 10.9 Å². The topological polar surface area (TPSA) is 33.1 Å². The Morgan fingerprint density at radius 1 is 1.29 bits per heavy atom. The fraction of sp³-hybridized carbons (Fsp3) is 0.400. The van der Waals surface area contributed by atoms with E-state index in [0.717, 1.165) is 29.3 Å². The second kappa shape index (κ2) is 5.28. The minimum Gasteiger partial charge on any atom is -0.388 e. The zero-order valence-corrected chi connectivity index (χ0v) is 10.4. The first kappa shape index (κ1) is 12.1. The first-order chi connectivity index (χ1) is 8.22. The van der Waals surface area contributed by atoms with Gasteiger partial charge < -0.3 is 5.11 Å². The predicted molar refractivity (Wildman–Crippen MR) is 70.8 cm³/mol. The van der Waals surface area contributed by atoms with E-state index in [1.54, 1.807) is 6.20 Å². The summed E-state index contributed by atoms with van der Waals surface area (Å²) in [4.78, 5) is 4.28. The number of nitrogens with zero attached hydrogens (tertiary/aromatic N) is 1. The monoisotopic (exact) mass is 229 g/mol. The largest absolute Gasteiger partial charge is 0.388 e. The zero-order valence-electron chi connectivity index (χ0n) is 10.4. The van der Waals surface area contributed by atoms with Crippen LogP contribution in [-0.2, 0) is 0 Å². The number of aromatic nitrogens is 1. The quantitative estimate of drug-likeness (QED) is 0.867. The highest BCUT2D eigenvalue weighted by molar-refractivity contribution is 5.79. The summed E-state index contributed by atoms with van der Waals surface area (Å²) in [6.45, 7) is 4.25. The van der Waals surface area contributed by atoms with Gasteiger partial charge in [-0.15, -0.1) is 0 Å². The Kier molecular flexibility index (Phi) is 3.75. The van der Waals surface area contributed by atoms with Gasteiger partial charge in [0.05, 0.1) is 11.6 Å². The summed E-state index contributed by atoms with van der Waals surface area (Å²) in [5, 5.41) is 11.3. The molecule has 2 heteroatoms. The highest BCUT2D eigenvalue weighted by Crippen LogP contribution is 2.27. The second-order valence-electron chi connectivity index (χ2n) is 4.67. The van der Waals surface area contributed by atoms with Crippen LogP contribution in [0, 0.1) is 5.92 Å². The van der Waals surface area contributed by atoms with Gasteiger partial charge in [-0.05, 0) is 36.1 Å². The lowest BCUT2D eigenvalue weighted by atomic mass is 9.93. The zero-order chi connectivity index (χ0) is 12.3. The summed E-state index contributed by atoms with van der Waals surface area (Å²) < 4.78 is 0. The van der Waals surface area contributed by atoms with Crippen molar-refractivity contribution in [3.8, 4) is 0 Å². The summed E-state index contributed by atoms with van der Waals surface area (Å²) in [6.07, 6.45) is 3.57. The third kappa shape index (κ3) is 2.64. The van der Waals surface area contributed by atoms with E-state index in [-0.39, 0.29) is 6.10 Å². The fourth-order valence-corrected chi connectivity index (χ4v) is 2.22. The molecule has 90 valence electrons. The average molecular weight is 229 g/mol. The molecule has 0 saturated carbocycles. The Balaban J connectivity index is 2.29. The molecule has 2 unspecified atom stereocenters. The van der Waals surface area contributed by atoms with Crippen LogP contribution in [0.25, 0.3) is 10.9 Å². The molecule has 1 N–H and O–H groups in total. The molecule has 0 spiro atoms. The van der Waals surface area contributed by atoms with Gasteiger partial charge in [-0.25, -0.2) is 0 Å². The van der Waals surface area contributed by atoms with Crippen LogP contribution in [0.1, 0.15) is 38.4 Å². The lowest BCUT2D eigenvalue weighted by Crippen LogP contribution is -2.08.